The Morgan fingerprint density at radius 1 is 1.43 bits per heavy atom. The van der Waals surface area contributed by atoms with Crippen molar-refractivity contribution in [3.8, 4) is 0 Å². The highest BCUT2D eigenvalue weighted by Crippen LogP contribution is 2.09. The standard InChI is InChI=1S/C11H12N2O/c1-3-8-11(14)13-9-5-4-7(2)6-10(9)12-8/h4-6H,3H2,1-2H3,(H,13,14). The molecule has 0 aliphatic rings. The normalized spacial score (nSPS) is 10.7. The van der Waals surface area contributed by atoms with E-state index >= 15 is 0 Å². The number of nitrogens with zero attached hydrogens (tertiary/aromatic N) is 1. The van der Waals surface area contributed by atoms with Gasteiger partial charge in [-0.2, -0.15) is 0 Å². The third-order valence-electron chi connectivity index (χ3n) is 2.25. The van der Waals surface area contributed by atoms with Gasteiger partial charge in [0.05, 0.1) is 11.0 Å². The minimum absolute atomic E-state index is 0.0798. The van der Waals surface area contributed by atoms with Gasteiger partial charge in [0.1, 0.15) is 5.69 Å². The number of hydrogen-bond acceptors (Lipinski definition) is 2. The largest absolute Gasteiger partial charge is 0.319 e. The molecule has 0 atom stereocenters. The maximum atomic E-state index is 11.4. The number of nitrogens with one attached hydrogen (secondary N) is 1. The molecule has 3 heteroatoms. The van der Waals surface area contributed by atoms with Gasteiger partial charge in [0, 0.05) is 0 Å². The first-order valence-electron chi connectivity index (χ1n) is 4.70. The van der Waals surface area contributed by atoms with Crippen LogP contribution < -0.4 is 5.56 Å². The Hall–Kier alpha value is -1.64. The zero-order valence-corrected chi connectivity index (χ0v) is 8.29. The van der Waals surface area contributed by atoms with Crippen molar-refractivity contribution >= 4 is 11.0 Å². The average Bonchev–Trinajstić information content (AvgIpc) is 2.17. The highest BCUT2D eigenvalue weighted by Gasteiger charge is 2.01. The zero-order valence-electron chi connectivity index (χ0n) is 8.29. The number of aryl methyl sites for hydroxylation is 2. The molecule has 1 N–H and O–H groups in total. The summed E-state index contributed by atoms with van der Waals surface area (Å²) in [6, 6.07) is 5.83. The summed E-state index contributed by atoms with van der Waals surface area (Å²) in [7, 11) is 0. The zero-order chi connectivity index (χ0) is 10.1. The summed E-state index contributed by atoms with van der Waals surface area (Å²) >= 11 is 0. The van der Waals surface area contributed by atoms with Gasteiger partial charge in [-0.1, -0.05) is 13.0 Å². The Bertz CT molecular complexity index is 528. The molecule has 0 unspecified atom stereocenters. The summed E-state index contributed by atoms with van der Waals surface area (Å²) in [4.78, 5) is 18.6. The molecule has 0 saturated heterocycles. The van der Waals surface area contributed by atoms with E-state index in [1.807, 2.05) is 32.0 Å². The van der Waals surface area contributed by atoms with Crippen LogP contribution in [0.15, 0.2) is 23.0 Å². The third-order valence-corrected chi connectivity index (χ3v) is 2.25. The minimum Gasteiger partial charge on any atom is -0.319 e. The molecule has 2 aromatic rings. The Morgan fingerprint density at radius 2 is 2.21 bits per heavy atom. The Balaban J connectivity index is 2.80. The summed E-state index contributed by atoms with van der Waals surface area (Å²) in [5.74, 6) is 0. The van der Waals surface area contributed by atoms with Gasteiger partial charge in [-0.3, -0.25) is 4.79 Å². The van der Waals surface area contributed by atoms with Crippen molar-refractivity contribution in [1.82, 2.24) is 9.97 Å². The molecule has 1 heterocycles. The van der Waals surface area contributed by atoms with Gasteiger partial charge in [0.2, 0.25) is 0 Å². The highest BCUT2D eigenvalue weighted by atomic mass is 16.1. The number of aromatic nitrogens is 2. The van der Waals surface area contributed by atoms with Gasteiger partial charge in [0.25, 0.3) is 5.56 Å². The van der Waals surface area contributed by atoms with Crippen LogP contribution in [0.5, 0.6) is 0 Å². The highest BCUT2D eigenvalue weighted by molar-refractivity contribution is 5.74. The summed E-state index contributed by atoms with van der Waals surface area (Å²) in [6.07, 6.45) is 0.666. The lowest BCUT2D eigenvalue weighted by atomic mass is 10.2. The number of hydrogen-bond donors (Lipinski definition) is 1. The monoisotopic (exact) mass is 188 g/mol. The first-order chi connectivity index (χ1) is 6.70. The number of rotatable bonds is 1. The molecule has 1 aromatic carbocycles. The summed E-state index contributed by atoms with van der Waals surface area (Å²) in [6.45, 7) is 3.94. The van der Waals surface area contributed by atoms with Crippen molar-refractivity contribution in [2.45, 2.75) is 20.3 Å². The second-order valence-electron chi connectivity index (χ2n) is 3.39. The van der Waals surface area contributed by atoms with Crippen LogP contribution in [0, 0.1) is 6.92 Å². The number of fused-ring (bicyclic) bond motifs is 1. The predicted molar refractivity (Wildman–Crippen MR) is 56.5 cm³/mol. The molecule has 0 spiro atoms. The number of H-pyrrole nitrogens is 1. The van der Waals surface area contributed by atoms with E-state index in [-0.39, 0.29) is 5.56 Å². The van der Waals surface area contributed by atoms with Crippen LogP contribution >= 0.6 is 0 Å². The van der Waals surface area contributed by atoms with Crippen LogP contribution in [0.3, 0.4) is 0 Å². The van der Waals surface area contributed by atoms with E-state index in [4.69, 9.17) is 0 Å². The summed E-state index contributed by atoms with van der Waals surface area (Å²) < 4.78 is 0. The first kappa shape index (κ1) is 8.94. The fourth-order valence-corrected chi connectivity index (χ4v) is 1.47. The molecule has 72 valence electrons. The average molecular weight is 188 g/mol. The number of aromatic amines is 1. The molecular formula is C11H12N2O. The van der Waals surface area contributed by atoms with Crippen molar-refractivity contribution in [2.75, 3.05) is 0 Å². The van der Waals surface area contributed by atoms with Crippen molar-refractivity contribution in [3.05, 3.63) is 39.8 Å². The molecular weight excluding hydrogens is 176 g/mol. The Morgan fingerprint density at radius 3 is 2.93 bits per heavy atom. The van der Waals surface area contributed by atoms with Crippen LogP contribution in [0.1, 0.15) is 18.2 Å². The Labute approximate surface area is 81.8 Å². The van der Waals surface area contributed by atoms with Crippen LogP contribution in [0.25, 0.3) is 11.0 Å². The Kier molecular flexibility index (Phi) is 2.08. The second kappa shape index (κ2) is 3.25. The first-order valence-corrected chi connectivity index (χ1v) is 4.70. The van der Waals surface area contributed by atoms with Gasteiger partial charge in [0.15, 0.2) is 0 Å². The SMILES string of the molecule is CCc1nc2cc(C)ccc2[nH]c1=O. The lowest BCUT2D eigenvalue weighted by Gasteiger charge is -2.00. The van der Waals surface area contributed by atoms with Crippen LogP contribution in [0.2, 0.25) is 0 Å². The molecule has 0 radical (unpaired) electrons. The van der Waals surface area contributed by atoms with Gasteiger partial charge >= 0.3 is 0 Å². The van der Waals surface area contributed by atoms with Gasteiger partial charge in [-0.15, -0.1) is 0 Å². The quantitative estimate of drug-likeness (QED) is 0.741. The van der Waals surface area contributed by atoms with E-state index in [1.165, 1.54) is 0 Å². The summed E-state index contributed by atoms with van der Waals surface area (Å²) in [5.41, 5.74) is 3.34. The predicted octanol–water partition coefficient (Wildman–Crippen LogP) is 1.79. The molecule has 14 heavy (non-hydrogen) atoms. The topological polar surface area (TPSA) is 45.8 Å². The van der Waals surface area contributed by atoms with Crippen LogP contribution in [-0.4, -0.2) is 9.97 Å². The van der Waals surface area contributed by atoms with E-state index in [9.17, 15) is 4.79 Å². The van der Waals surface area contributed by atoms with Gasteiger partial charge in [-0.25, -0.2) is 4.98 Å². The molecule has 1 aromatic heterocycles. The second-order valence-corrected chi connectivity index (χ2v) is 3.39. The lowest BCUT2D eigenvalue weighted by Crippen LogP contribution is -2.14. The van der Waals surface area contributed by atoms with E-state index < -0.39 is 0 Å². The van der Waals surface area contributed by atoms with E-state index in [2.05, 4.69) is 9.97 Å². The molecule has 0 aliphatic carbocycles. The van der Waals surface area contributed by atoms with Gasteiger partial charge < -0.3 is 4.98 Å². The fourth-order valence-electron chi connectivity index (χ4n) is 1.47. The van der Waals surface area contributed by atoms with E-state index in [0.29, 0.717) is 12.1 Å². The molecule has 0 bridgehead atoms. The third kappa shape index (κ3) is 1.41. The van der Waals surface area contributed by atoms with Crippen molar-refractivity contribution in [2.24, 2.45) is 0 Å². The van der Waals surface area contributed by atoms with E-state index in [1.54, 1.807) is 0 Å². The molecule has 3 nitrogen and oxygen atoms in total. The van der Waals surface area contributed by atoms with Crippen LogP contribution in [0.4, 0.5) is 0 Å². The fraction of sp³-hybridized carbons (Fsp3) is 0.273. The van der Waals surface area contributed by atoms with E-state index in [0.717, 1.165) is 16.6 Å². The molecule has 0 amide bonds. The van der Waals surface area contributed by atoms with Crippen molar-refractivity contribution in [1.29, 1.82) is 0 Å². The smallest absolute Gasteiger partial charge is 0.270 e. The molecule has 0 saturated carbocycles. The van der Waals surface area contributed by atoms with Crippen molar-refractivity contribution in [3.63, 3.8) is 0 Å². The van der Waals surface area contributed by atoms with Crippen LogP contribution in [-0.2, 0) is 6.42 Å². The molecule has 0 fully saturated rings. The molecule has 2 rings (SSSR count). The maximum absolute atomic E-state index is 11.4. The van der Waals surface area contributed by atoms with Gasteiger partial charge in [-0.05, 0) is 31.0 Å². The van der Waals surface area contributed by atoms with Crippen molar-refractivity contribution < 1.29 is 0 Å². The lowest BCUT2D eigenvalue weighted by molar-refractivity contribution is 0.996. The maximum Gasteiger partial charge on any atom is 0.270 e. The number of benzene rings is 1. The molecule has 0 aliphatic heterocycles. The summed E-state index contributed by atoms with van der Waals surface area (Å²) in [5, 5.41) is 0. The minimum atomic E-state index is -0.0798.